The second-order valence-corrected chi connectivity index (χ2v) is 4.80. The molecule has 2 aromatic rings. The number of carbonyl (C=O) groups excluding carboxylic acids is 1. The van der Waals surface area contributed by atoms with Gasteiger partial charge in [-0.15, -0.1) is 0 Å². The number of likely N-dealkylation sites (N-methyl/N-ethyl adjacent to an activating group) is 1. The minimum atomic E-state index is -0.0844. The summed E-state index contributed by atoms with van der Waals surface area (Å²) in [5.41, 5.74) is 1.32. The first-order valence-electron chi connectivity index (χ1n) is 6.19. The lowest BCUT2D eigenvalue weighted by molar-refractivity contribution is 0.0943. The van der Waals surface area contributed by atoms with E-state index in [1.165, 1.54) is 6.26 Å². The summed E-state index contributed by atoms with van der Waals surface area (Å²) in [5, 5.41) is 9.61. The Kier molecular flexibility index (Phi) is 3.98. The minimum Gasteiger partial charge on any atom is -0.464 e. The number of Topliss-reactive ketones (excluding diaryl/α,β-unsaturated/α-hetero) is 1. The third-order valence-corrected chi connectivity index (χ3v) is 3.00. The molecule has 0 aliphatic carbocycles. The summed E-state index contributed by atoms with van der Waals surface area (Å²) in [6.07, 6.45) is 1.51. The summed E-state index contributed by atoms with van der Waals surface area (Å²) in [6, 6.07) is 9.64. The Labute approximate surface area is 112 Å². The summed E-state index contributed by atoms with van der Waals surface area (Å²) in [6.45, 7) is 2.71. The predicted molar refractivity (Wildman–Crippen MR) is 72.8 cm³/mol. The van der Waals surface area contributed by atoms with Gasteiger partial charge >= 0.3 is 0 Å². The monoisotopic (exact) mass is 256 g/mol. The van der Waals surface area contributed by atoms with E-state index in [2.05, 4.69) is 6.07 Å². The third kappa shape index (κ3) is 3.01. The van der Waals surface area contributed by atoms with Gasteiger partial charge in [0.1, 0.15) is 11.8 Å². The first kappa shape index (κ1) is 13.3. The lowest BCUT2D eigenvalue weighted by atomic mass is 10.1. The topological polar surface area (TPSA) is 57.2 Å². The quantitative estimate of drug-likeness (QED) is 0.772. The molecule has 1 atom stereocenters. The molecule has 1 aromatic carbocycles. The maximum absolute atomic E-state index is 12.2. The third-order valence-electron chi connectivity index (χ3n) is 3.00. The van der Waals surface area contributed by atoms with Gasteiger partial charge in [-0.2, -0.15) is 5.26 Å². The van der Waals surface area contributed by atoms with Crippen LogP contribution in [0.5, 0.6) is 0 Å². The largest absolute Gasteiger partial charge is 0.464 e. The maximum atomic E-state index is 12.2. The van der Waals surface area contributed by atoms with Gasteiger partial charge in [0.25, 0.3) is 0 Å². The van der Waals surface area contributed by atoms with Crippen molar-refractivity contribution in [2.45, 2.75) is 6.92 Å². The van der Waals surface area contributed by atoms with Crippen molar-refractivity contribution in [2.24, 2.45) is 5.92 Å². The van der Waals surface area contributed by atoms with Crippen molar-refractivity contribution in [1.82, 2.24) is 4.90 Å². The van der Waals surface area contributed by atoms with Crippen LogP contribution in [0.15, 0.2) is 34.9 Å². The molecule has 0 amide bonds. The van der Waals surface area contributed by atoms with Gasteiger partial charge in [0.05, 0.1) is 24.1 Å². The van der Waals surface area contributed by atoms with Gasteiger partial charge in [0, 0.05) is 11.9 Å². The van der Waals surface area contributed by atoms with Crippen molar-refractivity contribution in [3.63, 3.8) is 0 Å². The van der Waals surface area contributed by atoms with Crippen LogP contribution < -0.4 is 0 Å². The number of benzene rings is 1. The van der Waals surface area contributed by atoms with E-state index in [9.17, 15) is 4.79 Å². The highest BCUT2D eigenvalue weighted by Gasteiger charge is 2.16. The fourth-order valence-corrected chi connectivity index (χ4v) is 2.10. The summed E-state index contributed by atoms with van der Waals surface area (Å²) < 4.78 is 5.36. The van der Waals surface area contributed by atoms with E-state index in [0.717, 1.165) is 11.0 Å². The Morgan fingerprint density at radius 2 is 2.21 bits per heavy atom. The van der Waals surface area contributed by atoms with Gasteiger partial charge < -0.3 is 4.42 Å². The number of hydrogen-bond acceptors (Lipinski definition) is 4. The van der Waals surface area contributed by atoms with Crippen LogP contribution in [0, 0.1) is 17.2 Å². The predicted octanol–water partition coefficient (Wildman–Crippen LogP) is 2.71. The molecule has 4 heteroatoms. The van der Waals surface area contributed by atoms with Crippen LogP contribution in [0.1, 0.15) is 17.3 Å². The molecule has 0 saturated heterocycles. The number of hydrogen-bond donors (Lipinski definition) is 0. The highest BCUT2D eigenvalue weighted by Crippen LogP contribution is 2.21. The first-order valence-corrected chi connectivity index (χ1v) is 6.19. The van der Waals surface area contributed by atoms with Crippen LogP contribution in [0.2, 0.25) is 0 Å². The molecule has 0 saturated carbocycles. The number of furan rings is 1. The molecule has 2 rings (SSSR count). The van der Waals surface area contributed by atoms with Crippen LogP contribution in [-0.4, -0.2) is 30.8 Å². The molecule has 0 bridgehead atoms. The maximum Gasteiger partial charge on any atom is 0.180 e. The molecule has 98 valence electrons. The SMILES string of the molecule is CC(C#N)CN(C)CC(=O)c1coc2ccccc12. The summed E-state index contributed by atoms with van der Waals surface area (Å²) in [7, 11) is 1.84. The molecular formula is C15H16N2O2. The fraction of sp³-hybridized carbons (Fsp3) is 0.333. The van der Waals surface area contributed by atoms with Crippen molar-refractivity contribution in [3.05, 3.63) is 36.1 Å². The number of nitriles is 1. The molecule has 0 fully saturated rings. The Bertz CT molecular complexity index is 624. The van der Waals surface area contributed by atoms with Gasteiger partial charge in [-0.25, -0.2) is 0 Å². The summed E-state index contributed by atoms with van der Waals surface area (Å²) in [4.78, 5) is 14.1. The van der Waals surface area contributed by atoms with E-state index in [1.54, 1.807) is 0 Å². The normalized spacial score (nSPS) is 12.5. The van der Waals surface area contributed by atoms with Crippen LogP contribution in [0.4, 0.5) is 0 Å². The number of fused-ring (bicyclic) bond motifs is 1. The minimum absolute atomic E-state index is 0.0117. The van der Waals surface area contributed by atoms with Crippen LogP contribution in [0.25, 0.3) is 11.0 Å². The van der Waals surface area contributed by atoms with E-state index in [1.807, 2.05) is 43.1 Å². The zero-order valence-electron chi connectivity index (χ0n) is 11.1. The first-order chi connectivity index (χ1) is 9.11. The molecule has 0 aliphatic heterocycles. The number of nitrogens with zero attached hydrogens (tertiary/aromatic N) is 2. The standard InChI is InChI=1S/C15H16N2O2/c1-11(7-16)8-17(2)9-14(18)13-10-19-15-6-4-3-5-12(13)15/h3-6,10-11H,8-9H2,1-2H3. The molecule has 0 N–H and O–H groups in total. The highest BCUT2D eigenvalue weighted by atomic mass is 16.3. The van der Waals surface area contributed by atoms with Crippen molar-refractivity contribution < 1.29 is 9.21 Å². The molecule has 1 aromatic heterocycles. The average molecular weight is 256 g/mol. The fourth-order valence-electron chi connectivity index (χ4n) is 2.10. The summed E-state index contributed by atoms with van der Waals surface area (Å²) in [5.74, 6) is -0.0727. The van der Waals surface area contributed by atoms with Gasteiger partial charge in [0.2, 0.25) is 0 Å². The number of ketones is 1. The Morgan fingerprint density at radius 3 is 2.95 bits per heavy atom. The van der Waals surface area contributed by atoms with Crippen molar-refractivity contribution in [3.8, 4) is 6.07 Å². The van der Waals surface area contributed by atoms with Crippen molar-refractivity contribution in [1.29, 1.82) is 5.26 Å². The second-order valence-electron chi connectivity index (χ2n) is 4.80. The smallest absolute Gasteiger partial charge is 0.180 e. The van der Waals surface area contributed by atoms with Crippen molar-refractivity contribution >= 4 is 16.8 Å². The zero-order valence-corrected chi connectivity index (χ0v) is 11.1. The Morgan fingerprint density at radius 1 is 1.47 bits per heavy atom. The van der Waals surface area contributed by atoms with E-state index >= 15 is 0 Å². The van der Waals surface area contributed by atoms with E-state index in [-0.39, 0.29) is 18.2 Å². The summed E-state index contributed by atoms with van der Waals surface area (Å²) >= 11 is 0. The van der Waals surface area contributed by atoms with E-state index in [4.69, 9.17) is 9.68 Å². The van der Waals surface area contributed by atoms with Crippen LogP contribution in [-0.2, 0) is 0 Å². The molecule has 1 heterocycles. The molecule has 19 heavy (non-hydrogen) atoms. The molecule has 0 radical (unpaired) electrons. The number of rotatable bonds is 5. The lowest BCUT2D eigenvalue weighted by Gasteiger charge is -2.16. The average Bonchev–Trinajstić information content (AvgIpc) is 2.82. The zero-order chi connectivity index (χ0) is 13.8. The second kappa shape index (κ2) is 5.68. The van der Waals surface area contributed by atoms with Gasteiger partial charge in [0.15, 0.2) is 5.78 Å². The highest BCUT2D eigenvalue weighted by molar-refractivity contribution is 6.08. The van der Waals surface area contributed by atoms with Crippen LogP contribution >= 0.6 is 0 Å². The van der Waals surface area contributed by atoms with Crippen LogP contribution in [0.3, 0.4) is 0 Å². The molecule has 0 spiro atoms. The van der Waals surface area contributed by atoms with Gasteiger partial charge in [-0.05, 0) is 20.0 Å². The van der Waals surface area contributed by atoms with Gasteiger partial charge in [-0.3, -0.25) is 9.69 Å². The van der Waals surface area contributed by atoms with Gasteiger partial charge in [-0.1, -0.05) is 18.2 Å². The molecule has 4 nitrogen and oxygen atoms in total. The molecular weight excluding hydrogens is 240 g/mol. The number of para-hydroxylation sites is 1. The van der Waals surface area contributed by atoms with E-state index < -0.39 is 0 Å². The lowest BCUT2D eigenvalue weighted by Crippen LogP contribution is -2.29. The van der Waals surface area contributed by atoms with E-state index in [0.29, 0.717) is 12.1 Å². The Balaban J connectivity index is 2.10. The Hall–Kier alpha value is -2.12. The number of carbonyl (C=O) groups is 1. The molecule has 1 unspecified atom stereocenters. The van der Waals surface area contributed by atoms with Crippen molar-refractivity contribution in [2.75, 3.05) is 20.1 Å². The molecule has 0 aliphatic rings.